The van der Waals surface area contributed by atoms with Crippen LogP contribution in [0.1, 0.15) is 22.3 Å². The molecule has 0 amide bonds. The highest BCUT2D eigenvalue weighted by atomic mass is 19.4. The van der Waals surface area contributed by atoms with E-state index in [2.05, 4.69) is 9.72 Å². The molecular formula is C8H3F6NO2. The number of carbonyl (C=O) groups is 1. The van der Waals surface area contributed by atoms with Crippen LogP contribution < -0.4 is 4.74 Å². The highest BCUT2D eigenvalue weighted by Gasteiger charge is 2.35. The third-order valence-electron chi connectivity index (χ3n) is 1.63. The van der Waals surface area contributed by atoms with Gasteiger partial charge in [-0.1, -0.05) is 0 Å². The van der Waals surface area contributed by atoms with Crippen LogP contribution in [0.15, 0.2) is 6.20 Å². The van der Waals surface area contributed by atoms with Gasteiger partial charge in [0.05, 0.1) is 11.1 Å². The van der Waals surface area contributed by atoms with Crippen molar-refractivity contribution in [1.29, 1.82) is 0 Å². The predicted octanol–water partition coefficient (Wildman–Crippen LogP) is 2.87. The zero-order valence-electron chi connectivity index (χ0n) is 7.76. The number of aldehydes is 1. The van der Waals surface area contributed by atoms with Crippen molar-refractivity contribution in [1.82, 2.24) is 4.98 Å². The number of hydrogen-bond acceptors (Lipinski definition) is 3. The molecule has 9 heteroatoms. The van der Waals surface area contributed by atoms with Crippen molar-refractivity contribution in [2.75, 3.05) is 0 Å². The minimum absolute atomic E-state index is 0.271. The molecule has 1 rings (SSSR count). The van der Waals surface area contributed by atoms with Crippen LogP contribution in [0.3, 0.4) is 0 Å². The molecular weight excluding hydrogens is 256 g/mol. The van der Waals surface area contributed by atoms with E-state index in [1.54, 1.807) is 0 Å². The maximum atomic E-state index is 12.9. The summed E-state index contributed by atoms with van der Waals surface area (Å²) in [5.74, 6) is -3.46. The SMILES string of the molecule is O=Cc1c(C(F)F)cnc(F)c1OC(F)(F)F. The Labute approximate surface area is 90.0 Å². The molecule has 1 heterocycles. The topological polar surface area (TPSA) is 39.2 Å². The summed E-state index contributed by atoms with van der Waals surface area (Å²) in [6, 6.07) is 0. The standard InChI is InChI=1S/C8H3F6NO2/c9-6(10)3-1-15-7(11)5(4(3)2-16)17-8(12,13)14/h1-2,6H. The van der Waals surface area contributed by atoms with Gasteiger partial charge in [-0.3, -0.25) is 4.79 Å². The number of nitrogens with zero attached hydrogens (tertiary/aromatic N) is 1. The number of rotatable bonds is 3. The van der Waals surface area contributed by atoms with Crippen molar-refractivity contribution in [3.05, 3.63) is 23.3 Å². The minimum Gasteiger partial charge on any atom is -0.400 e. The van der Waals surface area contributed by atoms with E-state index >= 15 is 0 Å². The minimum atomic E-state index is -5.32. The molecule has 0 bridgehead atoms. The number of pyridine rings is 1. The second-order valence-corrected chi connectivity index (χ2v) is 2.71. The first-order valence-electron chi connectivity index (χ1n) is 3.93. The molecule has 0 aromatic carbocycles. The Balaban J connectivity index is 3.36. The molecule has 1 aromatic rings. The first-order chi connectivity index (χ1) is 7.76. The van der Waals surface area contributed by atoms with E-state index in [0.29, 0.717) is 0 Å². The predicted molar refractivity (Wildman–Crippen MR) is 41.2 cm³/mol. The van der Waals surface area contributed by atoms with E-state index in [9.17, 15) is 31.1 Å². The highest BCUT2D eigenvalue weighted by Crippen LogP contribution is 2.32. The molecule has 3 nitrogen and oxygen atoms in total. The van der Waals surface area contributed by atoms with Gasteiger partial charge in [0.1, 0.15) is 0 Å². The Morgan fingerprint density at radius 2 is 1.94 bits per heavy atom. The van der Waals surface area contributed by atoms with E-state index in [-0.39, 0.29) is 12.5 Å². The molecule has 94 valence electrons. The van der Waals surface area contributed by atoms with Gasteiger partial charge in [0.15, 0.2) is 12.0 Å². The third kappa shape index (κ3) is 3.08. The fraction of sp³-hybridized carbons (Fsp3) is 0.250. The monoisotopic (exact) mass is 259 g/mol. The Hall–Kier alpha value is -1.80. The quantitative estimate of drug-likeness (QED) is 0.476. The number of alkyl halides is 5. The summed E-state index contributed by atoms with van der Waals surface area (Å²) in [4.78, 5) is 13.1. The Bertz CT molecular complexity index is 431. The molecule has 0 unspecified atom stereocenters. The average molecular weight is 259 g/mol. The second kappa shape index (κ2) is 4.60. The maximum absolute atomic E-state index is 12.9. The summed E-state index contributed by atoms with van der Waals surface area (Å²) in [5, 5.41) is 0. The van der Waals surface area contributed by atoms with Crippen molar-refractivity contribution >= 4 is 6.29 Å². The molecule has 0 atom stereocenters. The first kappa shape index (κ1) is 13.3. The van der Waals surface area contributed by atoms with Crippen LogP contribution in [0.4, 0.5) is 26.3 Å². The van der Waals surface area contributed by atoms with Crippen molar-refractivity contribution < 1.29 is 35.9 Å². The molecule has 0 saturated heterocycles. The molecule has 0 aliphatic rings. The molecule has 0 radical (unpaired) electrons. The van der Waals surface area contributed by atoms with Crippen LogP contribution in [0.5, 0.6) is 5.75 Å². The summed E-state index contributed by atoms with van der Waals surface area (Å²) in [5.41, 5.74) is -2.36. The van der Waals surface area contributed by atoms with Gasteiger partial charge >= 0.3 is 6.36 Å². The lowest BCUT2D eigenvalue weighted by Gasteiger charge is -2.13. The molecule has 0 aliphatic carbocycles. The van der Waals surface area contributed by atoms with Gasteiger partial charge in [-0.2, -0.15) is 4.39 Å². The smallest absolute Gasteiger partial charge is 0.400 e. The molecule has 0 N–H and O–H groups in total. The number of aromatic nitrogens is 1. The van der Waals surface area contributed by atoms with Crippen LogP contribution in [0.25, 0.3) is 0 Å². The lowest BCUT2D eigenvalue weighted by atomic mass is 10.1. The zero-order chi connectivity index (χ0) is 13.2. The van der Waals surface area contributed by atoms with Crippen molar-refractivity contribution in [3.63, 3.8) is 0 Å². The molecule has 17 heavy (non-hydrogen) atoms. The molecule has 1 aromatic heterocycles. The summed E-state index contributed by atoms with van der Waals surface area (Å²) in [6.07, 6.45) is -8.68. The number of ether oxygens (including phenoxy) is 1. The van der Waals surface area contributed by atoms with Gasteiger partial charge in [-0.25, -0.2) is 13.8 Å². The van der Waals surface area contributed by atoms with Crippen LogP contribution >= 0.6 is 0 Å². The Morgan fingerprint density at radius 1 is 1.35 bits per heavy atom. The molecule has 0 fully saturated rings. The number of halogens is 6. The summed E-state index contributed by atoms with van der Waals surface area (Å²) in [7, 11) is 0. The lowest BCUT2D eigenvalue weighted by Crippen LogP contribution is -2.20. The van der Waals surface area contributed by atoms with Crippen LogP contribution in [-0.2, 0) is 0 Å². The van der Waals surface area contributed by atoms with Crippen LogP contribution in [0.2, 0.25) is 0 Å². The number of carbonyl (C=O) groups excluding carboxylic acids is 1. The fourth-order valence-electron chi connectivity index (χ4n) is 1.00. The molecule has 0 saturated carbocycles. The van der Waals surface area contributed by atoms with Gasteiger partial charge in [0, 0.05) is 6.20 Å². The van der Waals surface area contributed by atoms with Gasteiger partial charge in [-0.05, 0) is 0 Å². The van der Waals surface area contributed by atoms with Crippen molar-refractivity contribution in [2.45, 2.75) is 12.8 Å². The van der Waals surface area contributed by atoms with Gasteiger partial charge in [-0.15, -0.1) is 13.2 Å². The third-order valence-corrected chi connectivity index (χ3v) is 1.63. The van der Waals surface area contributed by atoms with E-state index in [1.165, 1.54) is 0 Å². The highest BCUT2D eigenvalue weighted by molar-refractivity contribution is 5.81. The van der Waals surface area contributed by atoms with Crippen molar-refractivity contribution in [2.24, 2.45) is 0 Å². The van der Waals surface area contributed by atoms with Crippen LogP contribution in [-0.4, -0.2) is 17.6 Å². The van der Waals surface area contributed by atoms with Gasteiger partial charge in [0.25, 0.3) is 12.4 Å². The van der Waals surface area contributed by atoms with Gasteiger partial charge in [0.2, 0.25) is 0 Å². The molecule has 0 aliphatic heterocycles. The zero-order valence-corrected chi connectivity index (χ0v) is 7.76. The largest absolute Gasteiger partial charge is 0.573 e. The lowest BCUT2D eigenvalue weighted by molar-refractivity contribution is -0.275. The summed E-state index contributed by atoms with van der Waals surface area (Å²) >= 11 is 0. The fourth-order valence-corrected chi connectivity index (χ4v) is 1.00. The van der Waals surface area contributed by atoms with E-state index in [4.69, 9.17) is 0 Å². The molecule has 0 spiro atoms. The number of hydrogen-bond donors (Lipinski definition) is 0. The normalized spacial score (nSPS) is 11.7. The maximum Gasteiger partial charge on any atom is 0.573 e. The summed E-state index contributed by atoms with van der Waals surface area (Å²) < 4.78 is 76.2. The van der Waals surface area contributed by atoms with E-state index in [1.807, 2.05) is 0 Å². The van der Waals surface area contributed by atoms with Crippen molar-refractivity contribution in [3.8, 4) is 5.75 Å². The Morgan fingerprint density at radius 3 is 2.35 bits per heavy atom. The first-order valence-corrected chi connectivity index (χ1v) is 3.93. The average Bonchev–Trinajstić information content (AvgIpc) is 2.18. The Kier molecular flexibility index (Phi) is 3.59. The summed E-state index contributed by atoms with van der Waals surface area (Å²) in [6.45, 7) is 0. The van der Waals surface area contributed by atoms with E-state index in [0.717, 1.165) is 0 Å². The van der Waals surface area contributed by atoms with Gasteiger partial charge < -0.3 is 4.74 Å². The van der Waals surface area contributed by atoms with Crippen LogP contribution in [0, 0.1) is 5.95 Å². The van der Waals surface area contributed by atoms with E-state index < -0.39 is 35.6 Å². The second-order valence-electron chi connectivity index (χ2n) is 2.71.